The molecule has 1 fully saturated rings. The maximum atomic E-state index is 11.6. The predicted octanol–water partition coefficient (Wildman–Crippen LogP) is 2.03. The van der Waals surface area contributed by atoms with Crippen LogP contribution in [0.3, 0.4) is 0 Å². The number of carbonyl (C=O) groups is 1. The Morgan fingerprint density at radius 3 is 3.07 bits per heavy atom. The fourth-order valence-corrected chi connectivity index (χ4v) is 2.33. The van der Waals surface area contributed by atoms with Gasteiger partial charge in [-0.05, 0) is 30.4 Å². The second-order valence-electron chi connectivity index (χ2n) is 3.79. The van der Waals surface area contributed by atoms with Crippen molar-refractivity contribution in [1.82, 2.24) is 5.43 Å². The number of thiophene rings is 1. The van der Waals surface area contributed by atoms with Gasteiger partial charge in [-0.3, -0.25) is 4.79 Å². The fraction of sp³-hybridized carbons (Fsp3) is 0.273. The van der Waals surface area contributed by atoms with Gasteiger partial charge in [0, 0.05) is 10.8 Å². The number of hydrogen-bond acceptors (Lipinski definition) is 3. The summed E-state index contributed by atoms with van der Waals surface area (Å²) in [6, 6.07) is 3.99. The number of carbonyl (C=O) groups excluding carboxylic acids is 1. The molecule has 15 heavy (non-hydrogen) atoms. The molecule has 0 saturated heterocycles. The van der Waals surface area contributed by atoms with Gasteiger partial charge in [0.25, 0.3) is 5.91 Å². The Labute approximate surface area is 91.5 Å². The first-order valence-electron chi connectivity index (χ1n) is 4.98. The van der Waals surface area contributed by atoms with Crippen LogP contribution in [0.2, 0.25) is 0 Å². The van der Waals surface area contributed by atoms with Gasteiger partial charge in [0.05, 0.1) is 11.3 Å². The van der Waals surface area contributed by atoms with Crippen molar-refractivity contribution in [3.63, 3.8) is 0 Å². The third kappa shape index (κ3) is 1.61. The molecule has 2 heterocycles. The summed E-state index contributed by atoms with van der Waals surface area (Å²) >= 11 is 1.63. The molecule has 1 aromatic rings. The molecule has 0 bridgehead atoms. The van der Waals surface area contributed by atoms with Crippen LogP contribution in [-0.4, -0.2) is 11.6 Å². The molecule has 3 rings (SSSR count). The zero-order chi connectivity index (χ0) is 10.3. The molecule has 1 N–H and O–H groups in total. The number of amides is 1. The van der Waals surface area contributed by atoms with Gasteiger partial charge in [-0.1, -0.05) is 6.07 Å². The van der Waals surface area contributed by atoms with Crippen molar-refractivity contribution in [2.24, 2.45) is 11.0 Å². The van der Waals surface area contributed by atoms with E-state index in [0.717, 1.165) is 29.0 Å². The van der Waals surface area contributed by atoms with Crippen LogP contribution in [0.1, 0.15) is 17.7 Å². The van der Waals surface area contributed by atoms with Gasteiger partial charge in [0.1, 0.15) is 0 Å². The van der Waals surface area contributed by atoms with Crippen LogP contribution in [-0.2, 0) is 4.79 Å². The van der Waals surface area contributed by atoms with Crippen LogP contribution in [0.25, 0.3) is 6.08 Å². The highest BCUT2D eigenvalue weighted by Gasteiger charge is 2.35. The Morgan fingerprint density at radius 2 is 2.40 bits per heavy atom. The lowest BCUT2D eigenvalue weighted by Gasteiger charge is -1.96. The highest BCUT2D eigenvalue weighted by molar-refractivity contribution is 7.10. The third-order valence-electron chi connectivity index (χ3n) is 2.59. The largest absolute Gasteiger partial charge is 0.273 e. The van der Waals surface area contributed by atoms with Gasteiger partial charge in [-0.15, -0.1) is 11.3 Å². The van der Waals surface area contributed by atoms with Crippen molar-refractivity contribution in [2.45, 2.75) is 12.8 Å². The molecular weight excluding hydrogens is 208 g/mol. The van der Waals surface area contributed by atoms with Crippen molar-refractivity contribution in [1.29, 1.82) is 0 Å². The Kier molecular flexibility index (Phi) is 1.95. The van der Waals surface area contributed by atoms with Crippen LogP contribution in [0.15, 0.2) is 28.2 Å². The van der Waals surface area contributed by atoms with E-state index in [2.05, 4.69) is 10.5 Å². The minimum atomic E-state index is -0.0645. The van der Waals surface area contributed by atoms with Gasteiger partial charge in [0.2, 0.25) is 0 Å². The summed E-state index contributed by atoms with van der Waals surface area (Å²) in [5.41, 5.74) is 4.24. The van der Waals surface area contributed by atoms with Crippen LogP contribution in [0.5, 0.6) is 0 Å². The molecule has 1 saturated carbocycles. The molecule has 1 aliphatic heterocycles. The first kappa shape index (κ1) is 8.85. The number of hydrazone groups is 1. The van der Waals surface area contributed by atoms with E-state index in [1.807, 2.05) is 23.6 Å². The van der Waals surface area contributed by atoms with Gasteiger partial charge in [-0.2, -0.15) is 5.10 Å². The zero-order valence-corrected chi connectivity index (χ0v) is 8.88. The molecule has 1 aromatic heterocycles. The van der Waals surface area contributed by atoms with Crippen LogP contribution < -0.4 is 5.43 Å². The normalized spacial score (nSPS) is 23.1. The summed E-state index contributed by atoms with van der Waals surface area (Å²) in [5, 5.41) is 6.10. The van der Waals surface area contributed by atoms with Gasteiger partial charge >= 0.3 is 0 Å². The van der Waals surface area contributed by atoms with Gasteiger partial charge in [-0.25, -0.2) is 5.43 Å². The van der Waals surface area contributed by atoms with E-state index in [-0.39, 0.29) is 5.91 Å². The summed E-state index contributed by atoms with van der Waals surface area (Å²) in [6.45, 7) is 0. The third-order valence-corrected chi connectivity index (χ3v) is 3.41. The number of nitrogens with zero attached hydrogens (tertiary/aromatic N) is 1. The van der Waals surface area contributed by atoms with Gasteiger partial charge in [0.15, 0.2) is 0 Å². The summed E-state index contributed by atoms with van der Waals surface area (Å²) in [4.78, 5) is 12.7. The molecule has 1 aliphatic carbocycles. The van der Waals surface area contributed by atoms with E-state index in [4.69, 9.17) is 0 Å². The zero-order valence-electron chi connectivity index (χ0n) is 8.06. The SMILES string of the molecule is O=C1NN=C(C2CC2)C1=Cc1cccs1. The van der Waals surface area contributed by atoms with Crippen LogP contribution >= 0.6 is 11.3 Å². The number of hydrogen-bond donors (Lipinski definition) is 1. The van der Waals surface area contributed by atoms with E-state index in [1.165, 1.54) is 0 Å². The Hall–Kier alpha value is -1.42. The van der Waals surface area contributed by atoms with Crippen LogP contribution in [0.4, 0.5) is 0 Å². The quantitative estimate of drug-likeness (QED) is 0.758. The van der Waals surface area contributed by atoms with Crippen molar-refractivity contribution in [3.05, 3.63) is 28.0 Å². The molecule has 0 unspecified atom stereocenters. The lowest BCUT2D eigenvalue weighted by molar-refractivity contribution is -0.116. The molecule has 1 amide bonds. The summed E-state index contributed by atoms with van der Waals surface area (Å²) in [7, 11) is 0. The molecule has 4 heteroatoms. The molecular formula is C11H10N2OS. The average molecular weight is 218 g/mol. The Bertz CT molecular complexity index is 455. The molecule has 0 atom stereocenters. The molecule has 0 spiro atoms. The summed E-state index contributed by atoms with van der Waals surface area (Å²) < 4.78 is 0. The predicted molar refractivity (Wildman–Crippen MR) is 60.6 cm³/mol. The first-order valence-corrected chi connectivity index (χ1v) is 5.86. The monoisotopic (exact) mass is 218 g/mol. The van der Waals surface area contributed by atoms with E-state index in [0.29, 0.717) is 5.92 Å². The van der Waals surface area contributed by atoms with E-state index >= 15 is 0 Å². The highest BCUT2D eigenvalue weighted by Crippen LogP contribution is 2.35. The molecule has 2 aliphatic rings. The maximum Gasteiger partial charge on any atom is 0.273 e. The maximum absolute atomic E-state index is 11.6. The van der Waals surface area contributed by atoms with E-state index in [9.17, 15) is 4.79 Å². The smallest absolute Gasteiger partial charge is 0.267 e. The number of nitrogens with one attached hydrogen (secondary N) is 1. The standard InChI is InChI=1S/C11H10N2OS/c14-11-9(6-8-2-1-5-15-8)10(12-13-11)7-3-4-7/h1-2,5-7H,3-4H2,(H,13,14). The summed E-state index contributed by atoms with van der Waals surface area (Å²) in [6.07, 6.45) is 4.26. The fourth-order valence-electron chi connectivity index (χ4n) is 1.67. The van der Waals surface area contributed by atoms with Crippen LogP contribution in [0, 0.1) is 5.92 Å². The van der Waals surface area contributed by atoms with E-state index < -0.39 is 0 Å². The first-order chi connectivity index (χ1) is 7.34. The van der Waals surface area contributed by atoms with Crippen molar-refractivity contribution < 1.29 is 4.79 Å². The lowest BCUT2D eigenvalue weighted by Crippen LogP contribution is -2.13. The van der Waals surface area contributed by atoms with Crippen molar-refractivity contribution >= 4 is 29.0 Å². The highest BCUT2D eigenvalue weighted by atomic mass is 32.1. The molecule has 76 valence electrons. The Balaban J connectivity index is 1.95. The van der Waals surface area contributed by atoms with Crippen molar-refractivity contribution in [3.8, 4) is 0 Å². The topological polar surface area (TPSA) is 41.5 Å². The molecule has 0 radical (unpaired) electrons. The minimum absolute atomic E-state index is 0.0645. The number of rotatable bonds is 2. The average Bonchev–Trinajstić information content (AvgIpc) is 2.82. The van der Waals surface area contributed by atoms with Gasteiger partial charge < -0.3 is 0 Å². The lowest BCUT2D eigenvalue weighted by atomic mass is 10.1. The Morgan fingerprint density at radius 1 is 1.53 bits per heavy atom. The van der Waals surface area contributed by atoms with E-state index in [1.54, 1.807) is 11.3 Å². The second kappa shape index (κ2) is 3.31. The minimum Gasteiger partial charge on any atom is -0.267 e. The molecule has 3 nitrogen and oxygen atoms in total. The molecule has 0 aromatic carbocycles. The summed E-state index contributed by atoms with van der Waals surface area (Å²) in [5.74, 6) is 0.445. The van der Waals surface area contributed by atoms with Crippen molar-refractivity contribution in [2.75, 3.05) is 0 Å². The second-order valence-corrected chi connectivity index (χ2v) is 4.76.